The lowest BCUT2D eigenvalue weighted by Crippen LogP contribution is -2.19. The highest BCUT2D eigenvalue weighted by Gasteiger charge is 2.18. The van der Waals surface area contributed by atoms with Crippen molar-refractivity contribution in [2.45, 2.75) is 26.7 Å². The molecule has 1 unspecified atom stereocenters. The number of carboxylic acid groups (broad SMARTS) is 1. The summed E-state index contributed by atoms with van der Waals surface area (Å²) >= 11 is 0. The summed E-state index contributed by atoms with van der Waals surface area (Å²) in [5, 5.41) is 9.03. The molecule has 18 heavy (non-hydrogen) atoms. The average molecular weight is 262 g/mol. The molecule has 0 fully saturated rings. The maximum absolute atomic E-state index is 11.0. The number of methoxy groups -OCH3 is 1. The van der Waals surface area contributed by atoms with Crippen molar-refractivity contribution >= 4 is 5.97 Å². The maximum atomic E-state index is 11.0. The molecule has 0 amide bonds. The van der Waals surface area contributed by atoms with Crippen LogP contribution in [0.5, 0.6) is 0 Å². The molecule has 5 nitrogen and oxygen atoms in total. The summed E-state index contributed by atoms with van der Waals surface area (Å²) in [4.78, 5) is 11.0. The Balaban J connectivity index is 3.47. The molecule has 0 saturated carbocycles. The lowest BCUT2D eigenvalue weighted by molar-refractivity contribution is -0.143. The molecule has 0 saturated heterocycles. The lowest BCUT2D eigenvalue weighted by atomic mass is 9.95. The molecule has 5 heteroatoms. The molecule has 0 bridgehead atoms. The molecule has 0 heterocycles. The maximum Gasteiger partial charge on any atom is 0.306 e. The van der Waals surface area contributed by atoms with Crippen LogP contribution < -0.4 is 0 Å². The summed E-state index contributed by atoms with van der Waals surface area (Å²) in [6.07, 6.45) is 1.26. The van der Waals surface area contributed by atoms with Crippen LogP contribution in [0, 0.1) is 11.8 Å². The van der Waals surface area contributed by atoms with Gasteiger partial charge in [0.15, 0.2) is 0 Å². The zero-order valence-electron chi connectivity index (χ0n) is 11.7. The van der Waals surface area contributed by atoms with Crippen LogP contribution in [0.25, 0.3) is 0 Å². The smallest absolute Gasteiger partial charge is 0.306 e. The van der Waals surface area contributed by atoms with Gasteiger partial charge < -0.3 is 19.3 Å². The Morgan fingerprint density at radius 2 is 1.61 bits per heavy atom. The van der Waals surface area contributed by atoms with Gasteiger partial charge in [-0.3, -0.25) is 4.79 Å². The summed E-state index contributed by atoms with van der Waals surface area (Å²) in [7, 11) is 1.63. The zero-order chi connectivity index (χ0) is 13.8. The largest absolute Gasteiger partial charge is 0.481 e. The van der Waals surface area contributed by atoms with Crippen LogP contribution in [0.2, 0.25) is 0 Å². The number of hydrogen-bond donors (Lipinski definition) is 1. The first-order valence-electron chi connectivity index (χ1n) is 6.45. The summed E-state index contributed by atoms with van der Waals surface area (Å²) in [6, 6.07) is 0. The molecule has 0 rings (SSSR count). The second kappa shape index (κ2) is 11.4. The lowest BCUT2D eigenvalue weighted by Gasteiger charge is -2.14. The number of ether oxygens (including phenoxy) is 3. The Kier molecular flexibility index (Phi) is 11.0. The normalized spacial score (nSPS) is 12.9. The van der Waals surface area contributed by atoms with Gasteiger partial charge in [0, 0.05) is 13.7 Å². The minimum atomic E-state index is -0.733. The third-order valence-electron chi connectivity index (χ3n) is 2.52. The van der Waals surface area contributed by atoms with Crippen LogP contribution in [-0.2, 0) is 19.0 Å². The molecule has 0 aromatic carbocycles. The Morgan fingerprint density at radius 1 is 1.06 bits per heavy atom. The van der Waals surface area contributed by atoms with Gasteiger partial charge in [0.2, 0.25) is 0 Å². The topological polar surface area (TPSA) is 65.0 Å². The quantitative estimate of drug-likeness (QED) is 0.543. The number of aliphatic carboxylic acids is 1. The molecule has 1 N–H and O–H groups in total. The van der Waals surface area contributed by atoms with Gasteiger partial charge in [0.1, 0.15) is 0 Å². The minimum absolute atomic E-state index is 0.306. The summed E-state index contributed by atoms with van der Waals surface area (Å²) in [6.45, 7) is 6.68. The third-order valence-corrected chi connectivity index (χ3v) is 2.52. The molecule has 0 aliphatic heterocycles. The molecule has 0 spiro atoms. The van der Waals surface area contributed by atoms with Crippen molar-refractivity contribution in [3.8, 4) is 0 Å². The SMILES string of the molecule is COCCOCCOCCC(CC(C)C)C(=O)O. The Morgan fingerprint density at radius 3 is 2.11 bits per heavy atom. The van der Waals surface area contributed by atoms with Gasteiger partial charge in [-0.1, -0.05) is 13.8 Å². The Labute approximate surface area is 109 Å². The second-order valence-electron chi connectivity index (χ2n) is 4.67. The monoisotopic (exact) mass is 262 g/mol. The van der Waals surface area contributed by atoms with Gasteiger partial charge >= 0.3 is 5.97 Å². The molecular formula is C13H26O5. The molecule has 0 aliphatic rings. The van der Waals surface area contributed by atoms with Gasteiger partial charge in [-0.2, -0.15) is 0 Å². The molecule has 108 valence electrons. The summed E-state index contributed by atoms with van der Waals surface area (Å²) in [5.74, 6) is -0.647. The van der Waals surface area contributed by atoms with Crippen molar-refractivity contribution in [2.75, 3.05) is 40.1 Å². The van der Waals surface area contributed by atoms with E-state index in [1.165, 1.54) is 0 Å². The Hall–Kier alpha value is -0.650. The highest BCUT2D eigenvalue weighted by atomic mass is 16.5. The van der Waals surface area contributed by atoms with Gasteiger partial charge in [-0.15, -0.1) is 0 Å². The van der Waals surface area contributed by atoms with E-state index in [4.69, 9.17) is 19.3 Å². The number of carbonyl (C=O) groups is 1. The predicted octanol–water partition coefficient (Wildman–Crippen LogP) is 1.80. The van der Waals surface area contributed by atoms with E-state index in [0.717, 1.165) is 0 Å². The highest BCUT2D eigenvalue weighted by molar-refractivity contribution is 5.69. The van der Waals surface area contributed by atoms with E-state index in [1.807, 2.05) is 13.8 Å². The van der Waals surface area contributed by atoms with Crippen LogP contribution in [0.15, 0.2) is 0 Å². The van der Waals surface area contributed by atoms with Crippen LogP contribution in [0.3, 0.4) is 0 Å². The number of carboxylic acids is 1. The summed E-state index contributed by atoms with van der Waals surface area (Å²) in [5.41, 5.74) is 0. The van der Waals surface area contributed by atoms with Crippen LogP contribution in [0.1, 0.15) is 26.7 Å². The van der Waals surface area contributed by atoms with Crippen LogP contribution >= 0.6 is 0 Å². The van der Waals surface area contributed by atoms with Crippen LogP contribution in [0.4, 0.5) is 0 Å². The van der Waals surface area contributed by atoms with E-state index in [2.05, 4.69) is 0 Å². The molecular weight excluding hydrogens is 236 g/mol. The van der Waals surface area contributed by atoms with Gasteiger partial charge in [-0.25, -0.2) is 0 Å². The van der Waals surface area contributed by atoms with Crippen molar-refractivity contribution in [2.24, 2.45) is 11.8 Å². The standard InChI is InChI=1S/C13H26O5/c1-11(2)10-12(13(14)15)4-5-17-8-9-18-7-6-16-3/h11-12H,4-10H2,1-3H3,(H,14,15). The number of hydrogen-bond acceptors (Lipinski definition) is 4. The minimum Gasteiger partial charge on any atom is -0.481 e. The average Bonchev–Trinajstić information content (AvgIpc) is 2.30. The van der Waals surface area contributed by atoms with Crippen molar-refractivity contribution in [1.29, 1.82) is 0 Å². The molecule has 0 aromatic heterocycles. The van der Waals surface area contributed by atoms with Gasteiger partial charge in [0.05, 0.1) is 32.3 Å². The first-order chi connectivity index (χ1) is 8.57. The zero-order valence-corrected chi connectivity index (χ0v) is 11.7. The third kappa shape index (κ3) is 10.5. The molecule has 0 radical (unpaired) electrons. The fourth-order valence-corrected chi connectivity index (χ4v) is 1.60. The van der Waals surface area contributed by atoms with Crippen LogP contribution in [-0.4, -0.2) is 51.2 Å². The van der Waals surface area contributed by atoms with E-state index in [0.29, 0.717) is 51.8 Å². The first-order valence-corrected chi connectivity index (χ1v) is 6.45. The fourth-order valence-electron chi connectivity index (χ4n) is 1.60. The van der Waals surface area contributed by atoms with E-state index in [1.54, 1.807) is 7.11 Å². The van der Waals surface area contributed by atoms with E-state index in [9.17, 15) is 4.79 Å². The number of rotatable bonds is 12. The van der Waals surface area contributed by atoms with E-state index in [-0.39, 0.29) is 5.92 Å². The summed E-state index contributed by atoms with van der Waals surface area (Å²) < 4.78 is 15.4. The highest BCUT2D eigenvalue weighted by Crippen LogP contribution is 2.15. The van der Waals surface area contributed by atoms with Crippen molar-refractivity contribution < 1.29 is 24.1 Å². The van der Waals surface area contributed by atoms with E-state index < -0.39 is 5.97 Å². The van der Waals surface area contributed by atoms with Gasteiger partial charge in [0.25, 0.3) is 0 Å². The van der Waals surface area contributed by atoms with E-state index >= 15 is 0 Å². The predicted molar refractivity (Wildman–Crippen MR) is 68.7 cm³/mol. The molecule has 0 aliphatic carbocycles. The van der Waals surface area contributed by atoms with Gasteiger partial charge in [-0.05, 0) is 18.8 Å². The van der Waals surface area contributed by atoms with Crippen molar-refractivity contribution in [3.05, 3.63) is 0 Å². The molecule has 1 atom stereocenters. The fraction of sp³-hybridized carbons (Fsp3) is 0.923. The van der Waals surface area contributed by atoms with Crippen molar-refractivity contribution in [3.63, 3.8) is 0 Å². The molecule has 0 aromatic rings. The Bertz CT molecular complexity index is 206. The second-order valence-corrected chi connectivity index (χ2v) is 4.67. The van der Waals surface area contributed by atoms with Crippen molar-refractivity contribution in [1.82, 2.24) is 0 Å². The first kappa shape index (κ1) is 17.4.